The smallest absolute Gasteiger partial charge is 0.205 e. The number of thiocarbonyl (C=S) groups is 1. The lowest BCUT2D eigenvalue weighted by molar-refractivity contribution is 1.12. The summed E-state index contributed by atoms with van der Waals surface area (Å²) in [6, 6.07) is 16.8. The molecule has 3 aromatic rings. The number of hydrogen-bond acceptors (Lipinski definition) is 4. The Morgan fingerprint density at radius 2 is 1.48 bits per heavy atom. The number of benzene rings is 2. The van der Waals surface area contributed by atoms with E-state index in [9.17, 15) is 0 Å². The zero-order valence-electron chi connectivity index (χ0n) is 13.7. The highest BCUT2D eigenvalue weighted by Crippen LogP contribution is 2.20. The van der Waals surface area contributed by atoms with Gasteiger partial charge in [-0.25, -0.2) is 9.97 Å². The predicted molar refractivity (Wildman–Crippen MR) is 104 cm³/mol. The molecule has 0 saturated carbocycles. The lowest BCUT2D eigenvalue weighted by Gasteiger charge is -2.03. The molecule has 0 spiro atoms. The van der Waals surface area contributed by atoms with Crippen molar-refractivity contribution in [1.82, 2.24) is 9.97 Å². The van der Waals surface area contributed by atoms with Crippen molar-refractivity contribution in [2.24, 2.45) is 4.99 Å². The Hall–Kier alpha value is -3.12. The van der Waals surface area contributed by atoms with Crippen LogP contribution < -0.4 is 0 Å². The van der Waals surface area contributed by atoms with Crippen molar-refractivity contribution < 1.29 is 0 Å². The molecule has 1 heterocycles. The van der Waals surface area contributed by atoms with Gasteiger partial charge in [0.1, 0.15) is 5.69 Å². The summed E-state index contributed by atoms with van der Waals surface area (Å²) in [5.74, 6) is 6.46. The molecule has 0 aliphatic carbocycles. The van der Waals surface area contributed by atoms with Gasteiger partial charge in [-0.3, -0.25) is 0 Å². The number of nitrogens with zero attached hydrogens (tertiary/aromatic N) is 3. The van der Waals surface area contributed by atoms with Crippen molar-refractivity contribution in [3.8, 4) is 23.0 Å². The summed E-state index contributed by atoms with van der Waals surface area (Å²) in [4.78, 5) is 12.1. The highest BCUT2D eigenvalue weighted by Gasteiger charge is 1.98. The molecule has 0 N–H and O–H groups in total. The average molecular weight is 341 g/mol. The van der Waals surface area contributed by atoms with Gasteiger partial charge < -0.3 is 0 Å². The Kier molecular flexibility index (Phi) is 5.43. The Bertz CT molecular complexity index is 957. The third kappa shape index (κ3) is 4.45. The number of aliphatic imine (C=N–C) groups is 1. The van der Waals surface area contributed by atoms with Gasteiger partial charge in [-0.1, -0.05) is 49.2 Å². The molecule has 4 heteroatoms. The van der Waals surface area contributed by atoms with E-state index in [1.54, 1.807) is 12.4 Å². The molecule has 0 atom stereocenters. The number of aromatic nitrogens is 2. The van der Waals surface area contributed by atoms with Gasteiger partial charge in [0, 0.05) is 5.56 Å². The predicted octanol–water partition coefficient (Wildman–Crippen LogP) is 4.84. The maximum atomic E-state index is 4.54. The fraction of sp³-hybridized carbons (Fsp3) is 0.0952. The molecule has 2 aromatic carbocycles. The second-order valence-corrected chi connectivity index (χ2v) is 5.53. The minimum atomic E-state index is 0.447. The second kappa shape index (κ2) is 8.12. The van der Waals surface area contributed by atoms with Gasteiger partial charge in [-0.15, -0.1) is 0 Å². The van der Waals surface area contributed by atoms with Gasteiger partial charge in [0.25, 0.3) is 0 Å². The first-order valence-electron chi connectivity index (χ1n) is 7.90. The molecule has 25 heavy (non-hydrogen) atoms. The summed E-state index contributed by atoms with van der Waals surface area (Å²) in [6.45, 7) is 2.16. The summed E-state index contributed by atoms with van der Waals surface area (Å²) in [5, 5.41) is 2.28. The van der Waals surface area contributed by atoms with Gasteiger partial charge in [0.2, 0.25) is 5.82 Å². The molecule has 0 unspecified atom stereocenters. The third-order valence-electron chi connectivity index (χ3n) is 3.71. The SMILES string of the molecule is CCc1ccc(-c2ccc(C#Cc3ncc(N=C=S)cn3)cc2)cc1. The molecule has 0 aliphatic rings. The van der Waals surface area contributed by atoms with Gasteiger partial charge in [0.15, 0.2) is 0 Å². The van der Waals surface area contributed by atoms with Gasteiger partial charge in [-0.05, 0) is 53.4 Å². The van der Waals surface area contributed by atoms with Crippen LogP contribution in [0.2, 0.25) is 0 Å². The van der Waals surface area contributed by atoms with E-state index in [0.717, 1.165) is 12.0 Å². The molecule has 120 valence electrons. The van der Waals surface area contributed by atoms with E-state index in [0.29, 0.717) is 11.5 Å². The van der Waals surface area contributed by atoms with Crippen molar-refractivity contribution in [1.29, 1.82) is 0 Å². The van der Waals surface area contributed by atoms with E-state index >= 15 is 0 Å². The van der Waals surface area contributed by atoms with E-state index in [4.69, 9.17) is 0 Å². The molecular weight excluding hydrogens is 326 g/mol. The van der Waals surface area contributed by atoms with Crippen LogP contribution in [0.25, 0.3) is 11.1 Å². The van der Waals surface area contributed by atoms with E-state index in [-0.39, 0.29) is 0 Å². The molecule has 0 fully saturated rings. The number of hydrogen-bond donors (Lipinski definition) is 0. The minimum absolute atomic E-state index is 0.447. The fourth-order valence-corrected chi connectivity index (χ4v) is 2.41. The van der Waals surface area contributed by atoms with Crippen LogP contribution in [0, 0.1) is 11.8 Å². The van der Waals surface area contributed by atoms with E-state index in [1.807, 2.05) is 12.1 Å². The third-order valence-corrected chi connectivity index (χ3v) is 3.80. The lowest BCUT2D eigenvalue weighted by atomic mass is 10.0. The van der Waals surface area contributed by atoms with Crippen molar-refractivity contribution in [3.05, 3.63) is 77.9 Å². The van der Waals surface area contributed by atoms with Crippen molar-refractivity contribution in [2.75, 3.05) is 0 Å². The summed E-state index contributed by atoms with van der Waals surface area (Å²) < 4.78 is 0. The normalized spacial score (nSPS) is 9.64. The minimum Gasteiger partial charge on any atom is -0.227 e. The highest BCUT2D eigenvalue weighted by molar-refractivity contribution is 7.78. The number of rotatable bonds is 3. The first-order chi connectivity index (χ1) is 12.3. The standard InChI is InChI=1S/C21H15N3S/c1-2-16-3-8-18(9-4-16)19-10-5-17(6-11-19)7-12-21-22-13-20(14-23-21)24-15-25/h3-6,8-11,13-14H,2H2,1H3. The first kappa shape index (κ1) is 16.7. The monoisotopic (exact) mass is 341 g/mol. The Balaban J connectivity index is 1.75. The molecule has 3 nitrogen and oxygen atoms in total. The lowest BCUT2D eigenvalue weighted by Crippen LogP contribution is -1.86. The Morgan fingerprint density at radius 3 is 2.04 bits per heavy atom. The van der Waals surface area contributed by atoms with E-state index < -0.39 is 0 Å². The zero-order chi connectivity index (χ0) is 17.5. The van der Waals surface area contributed by atoms with Crippen LogP contribution in [0.3, 0.4) is 0 Å². The van der Waals surface area contributed by atoms with Gasteiger partial charge in [-0.2, -0.15) is 4.99 Å². The topological polar surface area (TPSA) is 38.1 Å². The fourth-order valence-electron chi connectivity index (χ4n) is 2.30. The average Bonchev–Trinajstić information content (AvgIpc) is 2.68. The number of isothiocyanates is 1. The van der Waals surface area contributed by atoms with Crippen LogP contribution >= 0.6 is 12.2 Å². The Morgan fingerprint density at radius 1 is 0.880 bits per heavy atom. The maximum Gasteiger partial charge on any atom is 0.205 e. The van der Waals surface area contributed by atoms with Crippen LogP contribution in [0.4, 0.5) is 5.69 Å². The van der Waals surface area contributed by atoms with E-state index in [1.165, 1.54) is 16.7 Å². The van der Waals surface area contributed by atoms with Crippen LogP contribution in [-0.4, -0.2) is 15.1 Å². The van der Waals surface area contributed by atoms with E-state index in [2.05, 4.69) is 87.5 Å². The molecule has 0 amide bonds. The highest BCUT2D eigenvalue weighted by atomic mass is 32.1. The largest absolute Gasteiger partial charge is 0.227 e. The zero-order valence-corrected chi connectivity index (χ0v) is 14.5. The molecule has 0 bridgehead atoms. The molecule has 1 aromatic heterocycles. The first-order valence-corrected chi connectivity index (χ1v) is 8.30. The second-order valence-electron chi connectivity index (χ2n) is 5.35. The maximum absolute atomic E-state index is 4.54. The van der Waals surface area contributed by atoms with Crippen molar-refractivity contribution in [3.63, 3.8) is 0 Å². The molecule has 0 aliphatic heterocycles. The van der Waals surface area contributed by atoms with Gasteiger partial charge in [0.05, 0.1) is 17.6 Å². The molecule has 0 radical (unpaired) electrons. The van der Waals surface area contributed by atoms with Crippen LogP contribution in [0.15, 0.2) is 65.9 Å². The quantitative estimate of drug-likeness (QED) is 0.389. The number of aryl methyl sites for hydroxylation is 1. The molecule has 0 saturated heterocycles. The van der Waals surface area contributed by atoms with Crippen molar-refractivity contribution in [2.45, 2.75) is 13.3 Å². The summed E-state index contributed by atoms with van der Waals surface area (Å²) in [7, 11) is 0. The summed E-state index contributed by atoms with van der Waals surface area (Å²) in [5.41, 5.74) is 5.20. The van der Waals surface area contributed by atoms with Crippen molar-refractivity contribution >= 4 is 23.1 Å². The summed E-state index contributed by atoms with van der Waals surface area (Å²) >= 11 is 4.54. The summed E-state index contributed by atoms with van der Waals surface area (Å²) in [6.07, 6.45) is 4.19. The Labute approximate surface area is 152 Å². The molecular formula is C21H15N3S. The van der Waals surface area contributed by atoms with Crippen LogP contribution in [-0.2, 0) is 6.42 Å². The van der Waals surface area contributed by atoms with Gasteiger partial charge >= 0.3 is 0 Å². The molecule has 3 rings (SSSR count). The van der Waals surface area contributed by atoms with Crippen LogP contribution in [0.5, 0.6) is 0 Å². The van der Waals surface area contributed by atoms with Crippen LogP contribution in [0.1, 0.15) is 23.9 Å².